The monoisotopic (exact) mass is 437 g/mol. The van der Waals surface area contributed by atoms with Crippen LogP contribution in [0.25, 0.3) is 11.2 Å². The second-order valence-electron chi connectivity index (χ2n) is 8.05. The molecule has 0 N–H and O–H groups in total. The molecule has 0 amide bonds. The number of hydrogen-bond donors (Lipinski definition) is 0. The van der Waals surface area contributed by atoms with Gasteiger partial charge in [-0.15, -0.1) is 0 Å². The van der Waals surface area contributed by atoms with Gasteiger partial charge in [-0.25, -0.2) is 13.6 Å². The maximum absolute atomic E-state index is 14.5. The van der Waals surface area contributed by atoms with Crippen molar-refractivity contribution in [3.8, 4) is 0 Å². The largest absolute Gasteiger partial charge is 0.337 e. The van der Waals surface area contributed by atoms with E-state index in [-0.39, 0.29) is 23.3 Å². The van der Waals surface area contributed by atoms with Gasteiger partial charge in [0.15, 0.2) is 11.2 Å². The Bertz CT molecular complexity index is 1480. The lowest BCUT2D eigenvalue weighted by Gasteiger charge is -2.30. The van der Waals surface area contributed by atoms with Crippen LogP contribution in [0.1, 0.15) is 16.7 Å². The molecule has 32 heavy (non-hydrogen) atoms. The van der Waals surface area contributed by atoms with E-state index in [0.29, 0.717) is 19.0 Å². The number of fused-ring (bicyclic) bond motifs is 2. The van der Waals surface area contributed by atoms with Gasteiger partial charge in [-0.05, 0) is 23.6 Å². The predicted molar refractivity (Wildman–Crippen MR) is 117 cm³/mol. The zero-order chi connectivity index (χ0) is 22.6. The molecular formula is C23H21F2N5O2. The second kappa shape index (κ2) is 7.44. The molecule has 0 unspecified atom stereocenters. The minimum absolute atomic E-state index is 0.0243. The molecule has 9 heteroatoms. The van der Waals surface area contributed by atoms with Crippen LogP contribution < -0.4 is 16.1 Å². The highest BCUT2D eigenvalue weighted by Crippen LogP contribution is 2.27. The average molecular weight is 437 g/mol. The number of rotatable bonds is 3. The Morgan fingerprint density at radius 3 is 2.50 bits per heavy atom. The van der Waals surface area contributed by atoms with E-state index in [0.717, 1.165) is 22.6 Å². The summed E-state index contributed by atoms with van der Waals surface area (Å²) in [6.07, 6.45) is 0.793. The van der Waals surface area contributed by atoms with Gasteiger partial charge >= 0.3 is 5.69 Å². The fourth-order valence-electron chi connectivity index (χ4n) is 4.31. The number of anilines is 1. The van der Waals surface area contributed by atoms with Crippen LogP contribution in [0.3, 0.4) is 0 Å². The number of aryl methyl sites for hydroxylation is 1. The molecule has 0 fully saturated rings. The topological polar surface area (TPSA) is 65.1 Å². The number of aromatic nitrogens is 4. The van der Waals surface area contributed by atoms with Gasteiger partial charge in [0.2, 0.25) is 5.95 Å². The van der Waals surface area contributed by atoms with Gasteiger partial charge in [-0.1, -0.05) is 30.3 Å². The Morgan fingerprint density at radius 2 is 1.75 bits per heavy atom. The van der Waals surface area contributed by atoms with E-state index in [1.54, 1.807) is 11.6 Å². The molecule has 0 bridgehead atoms. The SMILES string of the molecule is Cn1c(=O)c2c(nc(N3CCc4ccccc4C3)n2Cc2ccc(F)cc2F)n(C)c1=O. The Balaban J connectivity index is 1.73. The van der Waals surface area contributed by atoms with Gasteiger partial charge in [0.05, 0.1) is 6.54 Å². The van der Waals surface area contributed by atoms with Gasteiger partial charge in [-0.3, -0.25) is 18.5 Å². The second-order valence-corrected chi connectivity index (χ2v) is 8.05. The molecule has 2 aromatic carbocycles. The van der Waals surface area contributed by atoms with Crippen molar-refractivity contribution in [1.82, 2.24) is 18.7 Å². The number of hydrogen-bond acceptors (Lipinski definition) is 4. The smallest absolute Gasteiger partial charge is 0.332 e. The average Bonchev–Trinajstić information content (AvgIpc) is 3.17. The van der Waals surface area contributed by atoms with Crippen LogP contribution in [0.2, 0.25) is 0 Å². The summed E-state index contributed by atoms with van der Waals surface area (Å²) in [7, 11) is 2.95. The van der Waals surface area contributed by atoms with Crippen LogP contribution in [-0.4, -0.2) is 25.2 Å². The first-order valence-corrected chi connectivity index (χ1v) is 10.3. The molecule has 0 saturated heterocycles. The number of nitrogens with zero attached hydrogens (tertiary/aromatic N) is 5. The van der Waals surface area contributed by atoms with Crippen molar-refractivity contribution in [3.63, 3.8) is 0 Å². The van der Waals surface area contributed by atoms with E-state index in [1.807, 2.05) is 23.1 Å². The van der Waals surface area contributed by atoms with Crippen molar-refractivity contribution in [2.24, 2.45) is 14.1 Å². The summed E-state index contributed by atoms with van der Waals surface area (Å²) < 4.78 is 31.9. The quantitative estimate of drug-likeness (QED) is 0.494. The van der Waals surface area contributed by atoms with Gasteiger partial charge in [0.25, 0.3) is 5.56 Å². The standard InChI is InChI=1S/C23H21F2N5O2/c1-27-20-19(21(31)28(2)23(27)32)30(13-16-7-8-17(24)11-18(16)25)22(26-20)29-10-9-14-5-3-4-6-15(14)12-29/h3-8,11H,9-10,12-13H2,1-2H3. The first kappa shape index (κ1) is 20.2. The number of imidazole rings is 1. The summed E-state index contributed by atoms with van der Waals surface area (Å²) in [5, 5.41) is 0. The van der Waals surface area contributed by atoms with E-state index < -0.39 is 22.9 Å². The molecule has 0 radical (unpaired) electrons. The Labute approximate surface area is 181 Å². The molecule has 1 aliphatic heterocycles. The minimum atomic E-state index is -0.705. The number of halogens is 2. The maximum atomic E-state index is 14.5. The first-order chi connectivity index (χ1) is 15.3. The van der Waals surface area contributed by atoms with E-state index >= 15 is 0 Å². The summed E-state index contributed by atoms with van der Waals surface area (Å²) in [6, 6.07) is 11.5. The van der Waals surface area contributed by atoms with E-state index in [2.05, 4.69) is 11.1 Å². The van der Waals surface area contributed by atoms with Crippen molar-refractivity contribution in [1.29, 1.82) is 0 Å². The summed E-state index contributed by atoms with van der Waals surface area (Å²) in [6.45, 7) is 1.20. The highest BCUT2D eigenvalue weighted by atomic mass is 19.1. The molecule has 4 aromatic rings. The highest BCUT2D eigenvalue weighted by Gasteiger charge is 2.26. The summed E-state index contributed by atoms with van der Waals surface area (Å²) >= 11 is 0. The molecule has 0 saturated carbocycles. The summed E-state index contributed by atoms with van der Waals surface area (Å²) in [5.74, 6) is -0.909. The molecule has 0 atom stereocenters. The predicted octanol–water partition coefficient (Wildman–Crippen LogP) is 2.32. The molecule has 1 aliphatic rings. The molecule has 2 aromatic heterocycles. The van der Waals surface area contributed by atoms with E-state index in [1.165, 1.54) is 29.3 Å². The normalized spacial score (nSPS) is 13.6. The molecule has 0 aliphatic carbocycles. The fraction of sp³-hybridized carbons (Fsp3) is 0.261. The molecule has 7 nitrogen and oxygen atoms in total. The van der Waals surface area contributed by atoms with Crippen LogP contribution in [0.15, 0.2) is 52.1 Å². The highest BCUT2D eigenvalue weighted by molar-refractivity contribution is 5.75. The summed E-state index contributed by atoms with van der Waals surface area (Å²) in [4.78, 5) is 32.2. The molecule has 3 heterocycles. The van der Waals surface area contributed by atoms with Crippen LogP contribution >= 0.6 is 0 Å². The Morgan fingerprint density at radius 1 is 1.00 bits per heavy atom. The van der Waals surface area contributed by atoms with Crippen LogP contribution in [-0.2, 0) is 33.6 Å². The fourth-order valence-corrected chi connectivity index (χ4v) is 4.31. The van der Waals surface area contributed by atoms with Crippen molar-refractivity contribution in [2.45, 2.75) is 19.5 Å². The van der Waals surface area contributed by atoms with Crippen molar-refractivity contribution in [2.75, 3.05) is 11.4 Å². The first-order valence-electron chi connectivity index (χ1n) is 10.3. The zero-order valence-corrected chi connectivity index (χ0v) is 17.7. The van der Waals surface area contributed by atoms with Gasteiger partial charge in [-0.2, -0.15) is 4.98 Å². The lowest BCUT2D eigenvalue weighted by Crippen LogP contribution is -2.37. The lowest BCUT2D eigenvalue weighted by molar-refractivity contribution is 0.565. The Kier molecular flexibility index (Phi) is 4.69. The Hall–Kier alpha value is -3.75. The molecular weight excluding hydrogens is 416 g/mol. The van der Waals surface area contributed by atoms with Gasteiger partial charge < -0.3 is 4.90 Å². The van der Waals surface area contributed by atoms with E-state index in [9.17, 15) is 18.4 Å². The van der Waals surface area contributed by atoms with Crippen molar-refractivity contribution < 1.29 is 8.78 Å². The molecule has 164 valence electrons. The third-order valence-electron chi connectivity index (χ3n) is 6.08. The van der Waals surface area contributed by atoms with E-state index in [4.69, 9.17) is 0 Å². The van der Waals surface area contributed by atoms with Crippen molar-refractivity contribution in [3.05, 3.63) is 91.6 Å². The third-order valence-corrected chi connectivity index (χ3v) is 6.08. The molecule has 5 rings (SSSR count). The molecule has 0 spiro atoms. The van der Waals surface area contributed by atoms with Gasteiger partial charge in [0, 0.05) is 38.8 Å². The van der Waals surface area contributed by atoms with Crippen LogP contribution in [0.4, 0.5) is 14.7 Å². The van der Waals surface area contributed by atoms with Crippen LogP contribution in [0.5, 0.6) is 0 Å². The number of benzene rings is 2. The van der Waals surface area contributed by atoms with Crippen molar-refractivity contribution >= 4 is 17.1 Å². The lowest BCUT2D eigenvalue weighted by atomic mass is 10.0. The summed E-state index contributed by atoms with van der Waals surface area (Å²) in [5.41, 5.74) is 2.05. The minimum Gasteiger partial charge on any atom is -0.337 e. The maximum Gasteiger partial charge on any atom is 0.332 e. The van der Waals surface area contributed by atoms with Crippen LogP contribution in [0, 0.1) is 11.6 Å². The van der Waals surface area contributed by atoms with Gasteiger partial charge in [0.1, 0.15) is 11.6 Å². The zero-order valence-electron chi connectivity index (χ0n) is 17.7. The third kappa shape index (κ3) is 3.12.